The number of hydrogen-bond acceptors (Lipinski definition) is 10. The number of benzene rings is 1. The number of halogens is 2. The van der Waals surface area contributed by atoms with Crippen LogP contribution in [-0.2, 0) is 51.8 Å². The monoisotopic (exact) mass is 988 g/mol. The van der Waals surface area contributed by atoms with Crippen LogP contribution in [0, 0.1) is 21.7 Å². The molecule has 16 heteroatoms. The number of hydrogen-bond donors (Lipinski definition) is 5. The Labute approximate surface area is 383 Å². The summed E-state index contributed by atoms with van der Waals surface area (Å²) in [5.41, 5.74) is 2.45. The Balaban J connectivity index is 2.26. The normalized spacial score (nSPS) is 13.2. The van der Waals surface area contributed by atoms with Crippen LogP contribution in [0.4, 0.5) is 5.69 Å². The molecule has 342 valence electrons. The molecule has 3 aromatic rings. The molecule has 0 atom stereocenters. The van der Waals surface area contributed by atoms with E-state index in [1.54, 1.807) is 11.0 Å². The highest BCUT2D eigenvalue weighted by Crippen LogP contribution is 2.59. The summed E-state index contributed by atoms with van der Waals surface area (Å²) in [6.45, 7) is 22.3. The number of carboxylic acids is 4. The average molecular weight is 991 g/mol. The Morgan fingerprint density at radius 1 is 0.548 bits per heavy atom. The van der Waals surface area contributed by atoms with Crippen LogP contribution in [0.3, 0.4) is 0 Å². The Bertz CT molecular complexity index is 1990. The summed E-state index contributed by atoms with van der Waals surface area (Å²) in [6.07, 6.45) is 0.636. The molecule has 0 fully saturated rings. The van der Waals surface area contributed by atoms with Crippen LogP contribution in [0.5, 0.6) is 0 Å². The van der Waals surface area contributed by atoms with E-state index in [-0.39, 0.29) is 13.1 Å². The van der Waals surface area contributed by atoms with E-state index in [4.69, 9.17) is 15.7 Å². The van der Waals surface area contributed by atoms with E-state index >= 15 is 0 Å². The molecule has 0 aliphatic rings. The molecule has 2 heterocycles. The van der Waals surface area contributed by atoms with Gasteiger partial charge in [-0.2, -0.15) is 0 Å². The van der Waals surface area contributed by atoms with Gasteiger partial charge in [0.1, 0.15) is 11.1 Å². The zero-order valence-corrected chi connectivity index (χ0v) is 41.4. The molecule has 6 N–H and O–H groups in total. The summed E-state index contributed by atoms with van der Waals surface area (Å²) < 4.78 is 1.36. The molecule has 0 saturated carbocycles. The summed E-state index contributed by atoms with van der Waals surface area (Å²) in [5.74, 6) is -4.57. The zero-order chi connectivity index (χ0) is 47.4. The van der Waals surface area contributed by atoms with E-state index in [1.807, 2.05) is 126 Å². The number of aromatic nitrogens is 2. The number of aliphatic carboxylic acids is 4. The second-order valence-corrected chi connectivity index (χ2v) is 22.1. The van der Waals surface area contributed by atoms with Gasteiger partial charge in [-0.05, 0) is 70.0 Å². The quantitative estimate of drug-likeness (QED) is 0.0714. The third-order valence-corrected chi connectivity index (χ3v) is 12.4. The van der Waals surface area contributed by atoms with Gasteiger partial charge in [0.2, 0.25) is 0 Å². The molecule has 0 aliphatic heterocycles. The molecule has 0 amide bonds. The van der Waals surface area contributed by atoms with Crippen molar-refractivity contribution in [1.82, 2.24) is 24.7 Å². The van der Waals surface area contributed by atoms with Gasteiger partial charge < -0.3 is 26.2 Å². The predicted octanol–water partition coefficient (Wildman–Crippen LogP) is 8.43. The Hall–Kier alpha value is -3.96. The number of nitrogens with two attached hydrogens (primary N) is 1. The first kappa shape index (κ1) is 52.4. The Morgan fingerprint density at radius 2 is 0.871 bits per heavy atom. The van der Waals surface area contributed by atoms with Crippen LogP contribution < -0.4 is 5.73 Å². The van der Waals surface area contributed by atoms with Crippen molar-refractivity contribution < 1.29 is 39.6 Å². The molecule has 62 heavy (non-hydrogen) atoms. The van der Waals surface area contributed by atoms with Crippen LogP contribution in [0.25, 0.3) is 0 Å². The van der Waals surface area contributed by atoms with Gasteiger partial charge in [0.15, 0.2) is 0 Å². The average Bonchev–Trinajstić information content (AvgIpc) is 3.04. The molecule has 14 nitrogen and oxygen atoms in total. The smallest absolute Gasteiger partial charge is 0.325 e. The lowest BCUT2D eigenvalue weighted by molar-refractivity contribution is -0.227. The number of carbonyl (C=O) groups is 4. The van der Waals surface area contributed by atoms with Gasteiger partial charge in [-0.3, -0.25) is 43.8 Å². The summed E-state index contributed by atoms with van der Waals surface area (Å²) >= 11 is 7.27. The number of anilines is 1. The Kier molecular flexibility index (Phi) is 16.8. The van der Waals surface area contributed by atoms with Crippen molar-refractivity contribution in [2.75, 3.05) is 25.4 Å². The van der Waals surface area contributed by atoms with Gasteiger partial charge in [-0.15, -0.1) is 0 Å². The van der Waals surface area contributed by atoms with Crippen LogP contribution in [0.1, 0.15) is 111 Å². The SMILES string of the molecule is CC(C)(C)C(C(=O)O)(N(Cc1cc(Br)cc(CN(CCc2ccc(N)cc2)Cc2cc(Br)cc(CN(CC(=O)O)CC(=O)O)n2)n1)C(C(=O)O)(C(C)(C)C)C(C)(C)C)C(C)(C)C. The number of carboxylic acid groups (broad SMARTS) is 4. The second-order valence-electron chi connectivity index (χ2n) is 20.3. The Morgan fingerprint density at radius 3 is 1.18 bits per heavy atom. The minimum Gasteiger partial charge on any atom is -0.480 e. The first-order valence-corrected chi connectivity index (χ1v) is 22.1. The fourth-order valence-corrected chi connectivity index (χ4v) is 11.1. The zero-order valence-electron chi connectivity index (χ0n) is 38.3. The van der Waals surface area contributed by atoms with Crippen molar-refractivity contribution in [1.29, 1.82) is 0 Å². The van der Waals surface area contributed by atoms with Crippen molar-refractivity contribution in [3.05, 3.63) is 85.8 Å². The highest BCUT2D eigenvalue weighted by Gasteiger charge is 2.71. The maximum atomic E-state index is 14.2. The van der Waals surface area contributed by atoms with Gasteiger partial charge in [0.05, 0.1) is 35.9 Å². The molecule has 3 rings (SSSR count). The van der Waals surface area contributed by atoms with Crippen molar-refractivity contribution in [2.24, 2.45) is 21.7 Å². The van der Waals surface area contributed by atoms with E-state index in [2.05, 4.69) is 36.8 Å². The summed E-state index contributed by atoms with van der Waals surface area (Å²) in [4.78, 5) is 66.6. The lowest BCUT2D eigenvalue weighted by Gasteiger charge is -2.66. The van der Waals surface area contributed by atoms with E-state index in [9.17, 15) is 39.6 Å². The molecule has 0 unspecified atom stereocenters. The fourth-order valence-electron chi connectivity index (χ4n) is 10.00. The highest BCUT2D eigenvalue weighted by molar-refractivity contribution is 9.10. The summed E-state index contributed by atoms with van der Waals surface area (Å²) in [6, 6.07) is 14.9. The summed E-state index contributed by atoms with van der Waals surface area (Å²) in [5, 5.41) is 42.0. The predicted molar refractivity (Wildman–Crippen MR) is 247 cm³/mol. The molecule has 0 aliphatic carbocycles. The molecule has 2 aromatic heterocycles. The number of nitrogen functional groups attached to an aromatic ring is 1. The molecular formula is C46H66Br2N6O8. The van der Waals surface area contributed by atoms with Gasteiger partial charge in [0, 0.05) is 47.4 Å². The molecule has 0 radical (unpaired) electrons. The maximum absolute atomic E-state index is 14.2. The largest absolute Gasteiger partial charge is 0.480 e. The number of pyridine rings is 2. The standard InChI is InChI=1S/C46H66Br2N6O8/c1-41(2,3)45(39(59)60,42(4,5)6)54(46(40(61)62,43(7,8)9)44(10,11)12)26-36-22-31(48)20-34(51-36)24-52(18-17-29-13-15-32(49)16-14-29)23-33-19-30(47)21-35(50-33)25-53(27-37(55)56)28-38(57)58/h13-16,19-22H,17-18,23-28,49H2,1-12H3,(H,55,56)(H,57,58)(H,59,60)(H,61,62). The molecule has 0 spiro atoms. The summed E-state index contributed by atoms with van der Waals surface area (Å²) in [7, 11) is 0. The lowest BCUT2D eigenvalue weighted by Crippen LogP contribution is -2.81. The van der Waals surface area contributed by atoms with E-state index in [0.717, 1.165) is 5.56 Å². The van der Waals surface area contributed by atoms with Crippen molar-refractivity contribution in [3.63, 3.8) is 0 Å². The second kappa shape index (κ2) is 19.8. The van der Waals surface area contributed by atoms with Crippen LogP contribution in [-0.4, -0.2) is 99.7 Å². The van der Waals surface area contributed by atoms with Gasteiger partial charge in [-0.25, -0.2) is 0 Å². The van der Waals surface area contributed by atoms with E-state index in [0.29, 0.717) is 63.5 Å². The minimum atomic E-state index is -1.75. The van der Waals surface area contributed by atoms with Gasteiger partial charge in [0.25, 0.3) is 0 Å². The number of rotatable bonds is 19. The lowest BCUT2D eigenvalue weighted by atomic mass is 9.52. The topological polar surface area (TPSA) is 211 Å². The maximum Gasteiger partial charge on any atom is 0.325 e. The third-order valence-electron chi connectivity index (χ3n) is 11.5. The highest BCUT2D eigenvalue weighted by atomic mass is 79.9. The molecule has 0 bridgehead atoms. The van der Waals surface area contributed by atoms with E-state index in [1.165, 1.54) is 4.90 Å². The molecule has 0 saturated heterocycles. The van der Waals surface area contributed by atoms with Crippen molar-refractivity contribution >= 4 is 61.4 Å². The van der Waals surface area contributed by atoms with Crippen LogP contribution in [0.15, 0.2) is 57.5 Å². The molecule has 1 aromatic carbocycles. The number of nitrogens with zero attached hydrogens (tertiary/aromatic N) is 5. The van der Waals surface area contributed by atoms with Gasteiger partial charge >= 0.3 is 23.9 Å². The van der Waals surface area contributed by atoms with Crippen molar-refractivity contribution in [3.8, 4) is 0 Å². The van der Waals surface area contributed by atoms with Gasteiger partial charge in [-0.1, -0.05) is 127 Å². The third kappa shape index (κ3) is 12.0. The fraction of sp³-hybridized carbons (Fsp3) is 0.565. The first-order valence-electron chi connectivity index (χ1n) is 20.5. The minimum absolute atomic E-state index is 0.00848. The van der Waals surface area contributed by atoms with Crippen molar-refractivity contribution in [2.45, 2.75) is 127 Å². The van der Waals surface area contributed by atoms with Crippen LogP contribution in [0.2, 0.25) is 0 Å². The van der Waals surface area contributed by atoms with E-state index < -0.39 is 69.7 Å². The first-order chi connectivity index (χ1) is 28.3. The molecular weight excluding hydrogens is 924 g/mol. The van der Waals surface area contributed by atoms with Crippen LogP contribution >= 0.6 is 31.9 Å².